The summed E-state index contributed by atoms with van der Waals surface area (Å²) in [6, 6.07) is 9.50. The van der Waals surface area contributed by atoms with Crippen LogP contribution in [0.3, 0.4) is 0 Å². The Hall–Kier alpha value is -2.56. The van der Waals surface area contributed by atoms with E-state index in [-0.39, 0.29) is 5.56 Å². The van der Waals surface area contributed by atoms with Crippen LogP contribution in [-0.4, -0.2) is 20.6 Å². The minimum Gasteiger partial charge on any atom is -0.478 e. The molecule has 5 nitrogen and oxygen atoms in total. The number of aromatic carboxylic acids is 1. The van der Waals surface area contributed by atoms with Crippen molar-refractivity contribution in [3.63, 3.8) is 0 Å². The Morgan fingerprint density at radius 1 is 1.38 bits per heavy atom. The molecule has 3 aromatic rings. The Morgan fingerprint density at radius 2 is 2.14 bits per heavy atom. The minimum atomic E-state index is -0.964. The predicted octanol–water partition coefficient (Wildman–Crippen LogP) is 3.25. The molecule has 0 bridgehead atoms. The number of furan rings is 1. The lowest BCUT2D eigenvalue weighted by atomic mass is 10.2. The van der Waals surface area contributed by atoms with Gasteiger partial charge in [0.25, 0.3) is 0 Å². The number of imidazole rings is 1. The molecule has 2 heterocycles. The summed E-state index contributed by atoms with van der Waals surface area (Å²) in [5.74, 6) is 1.05. The molecule has 0 atom stereocenters. The molecule has 0 saturated carbocycles. The molecule has 0 aliphatic carbocycles. The van der Waals surface area contributed by atoms with E-state index in [1.807, 2.05) is 31.2 Å². The van der Waals surface area contributed by atoms with E-state index in [0.717, 1.165) is 23.3 Å². The number of carbonyl (C=O) groups is 1. The van der Waals surface area contributed by atoms with Crippen molar-refractivity contribution in [3.05, 3.63) is 53.2 Å². The van der Waals surface area contributed by atoms with Gasteiger partial charge in [0.15, 0.2) is 0 Å². The van der Waals surface area contributed by atoms with Crippen molar-refractivity contribution in [2.24, 2.45) is 0 Å². The van der Waals surface area contributed by atoms with Crippen LogP contribution in [0.25, 0.3) is 11.0 Å². The first kappa shape index (κ1) is 13.4. The van der Waals surface area contributed by atoms with Crippen molar-refractivity contribution in [3.8, 4) is 0 Å². The van der Waals surface area contributed by atoms with Gasteiger partial charge in [-0.25, -0.2) is 9.78 Å². The van der Waals surface area contributed by atoms with Crippen LogP contribution < -0.4 is 0 Å². The monoisotopic (exact) mass is 284 g/mol. The van der Waals surface area contributed by atoms with Crippen LogP contribution in [0, 0.1) is 6.92 Å². The number of aromatic nitrogens is 2. The highest BCUT2D eigenvalue weighted by atomic mass is 16.4. The molecule has 3 rings (SSSR count). The summed E-state index contributed by atoms with van der Waals surface area (Å²) in [6.45, 7) is 4.20. The number of hydrogen-bond donors (Lipinski definition) is 1. The average molecular weight is 284 g/mol. The molecule has 0 amide bonds. The molecule has 0 aliphatic heterocycles. The molecule has 0 aliphatic rings. The number of para-hydroxylation sites is 2. The second-order valence-electron chi connectivity index (χ2n) is 4.94. The minimum absolute atomic E-state index is 0.215. The van der Waals surface area contributed by atoms with Crippen molar-refractivity contribution < 1.29 is 14.3 Å². The van der Waals surface area contributed by atoms with Crippen LogP contribution in [0.4, 0.5) is 0 Å². The second kappa shape index (κ2) is 5.09. The highest BCUT2D eigenvalue weighted by Gasteiger charge is 2.16. The number of nitrogens with zero attached hydrogens (tertiary/aromatic N) is 2. The normalized spacial score (nSPS) is 11.1. The predicted molar refractivity (Wildman–Crippen MR) is 78.6 cm³/mol. The first-order valence-corrected chi connectivity index (χ1v) is 6.87. The van der Waals surface area contributed by atoms with Gasteiger partial charge in [0.1, 0.15) is 22.9 Å². The third-order valence-corrected chi connectivity index (χ3v) is 3.56. The van der Waals surface area contributed by atoms with Gasteiger partial charge >= 0.3 is 5.97 Å². The van der Waals surface area contributed by atoms with Gasteiger partial charge in [-0.3, -0.25) is 0 Å². The fourth-order valence-corrected chi connectivity index (χ4v) is 2.56. The maximum absolute atomic E-state index is 11.1. The average Bonchev–Trinajstić information content (AvgIpc) is 3.00. The SMILES string of the molecule is CCc1nc2ccccc2n1Cc1cc(C(=O)O)c(C)o1. The summed E-state index contributed by atoms with van der Waals surface area (Å²) in [5.41, 5.74) is 2.18. The molecule has 0 saturated heterocycles. The van der Waals surface area contributed by atoms with Crippen molar-refractivity contribution in [1.82, 2.24) is 9.55 Å². The van der Waals surface area contributed by atoms with Gasteiger partial charge in [-0.15, -0.1) is 0 Å². The number of rotatable bonds is 4. The Balaban J connectivity index is 2.05. The summed E-state index contributed by atoms with van der Waals surface area (Å²) >= 11 is 0. The molecule has 1 aromatic carbocycles. The lowest BCUT2D eigenvalue weighted by molar-refractivity contribution is 0.0695. The lowest BCUT2D eigenvalue weighted by Gasteiger charge is -2.05. The van der Waals surface area contributed by atoms with Crippen LogP contribution >= 0.6 is 0 Å². The molecule has 1 N–H and O–H groups in total. The van der Waals surface area contributed by atoms with Crippen molar-refractivity contribution in [1.29, 1.82) is 0 Å². The first-order valence-electron chi connectivity index (χ1n) is 6.87. The fraction of sp³-hybridized carbons (Fsp3) is 0.250. The van der Waals surface area contributed by atoms with Gasteiger partial charge in [0.2, 0.25) is 0 Å². The maximum atomic E-state index is 11.1. The molecule has 5 heteroatoms. The fourth-order valence-electron chi connectivity index (χ4n) is 2.56. The van der Waals surface area contributed by atoms with Gasteiger partial charge in [0.05, 0.1) is 17.6 Å². The Bertz CT molecular complexity index is 814. The molecule has 108 valence electrons. The van der Waals surface area contributed by atoms with Gasteiger partial charge in [-0.05, 0) is 25.1 Å². The zero-order valence-corrected chi connectivity index (χ0v) is 12.0. The molecule has 2 aromatic heterocycles. The largest absolute Gasteiger partial charge is 0.478 e. The van der Waals surface area contributed by atoms with Crippen LogP contribution in [0.15, 0.2) is 34.7 Å². The van der Waals surface area contributed by atoms with Gasteiger partial charge in [-0.2, -0.15) is 0 Å². The number of aryl methyl sites for hydroxylation is 2. The van der Waals surface area contributed by atoms with E-state index < -0.39 is 5.97 Å². The van der Waals surface area contributed by atoms with E-state index in [2.05, 4.69) is 9.55 Å². The molecule has 0 unspecified atom stereocenters. The van der Waals surface area contributed by atoms with Crippen LogP contribution in [0.2, 0.25) is 0 Å². The van der Waals surface area contributed by atoms with Crippen LogP contribution in [0.5, 0.6) is 0 Å². The first-order chi connectivity index (χ1) is 10.1. The summed E-state index contributed by atoms with van der Waals surface area (Å²) in [7, 11) is 0. The van der Waals surface area contributed by atoms with E-state index in [1.165, 1.54) is 0 Å². The van der Waals surface area contributed by atoms with E-state index in [1.54, 1.807) is 13.0 Å². The van der Waals surface area contributed by atoms with E-state index in [0.29, 0.717) is 18.1 Å². The number of carboxylic acids is 1. The highest BCUT2D eigenvalue weighted by Crippen LogP contribution is 2.21. The third-order valence-electron chi connectivity index (χ3n) is 3.56. The standard InChI is InChI=1S/C16H16N2O3/c1-3-15-17-13-6-4-5-7-14(13)18(15)9-11-8-12(16(19)20)10(2)21-11/h4-8H,3,9H2,1-2H3,(H,19,20). The number of benzene rings is 1. The smallest absolute Gasteiger partial charge is 0.339 e. The highest BCUT2D eigenvalue weighted by molar-refractivity contribution is 5.88. The van der Waals surface area contributed by atoms with Gasteiger partial charge in [-0.1, -0.05) is 19.1 Å². The molecule has 21 heavy (non-hydrogen) atoms. The summed E-state index contributed by atoms with van der Waals surface area (Å²) in [6.07, 6.45) is 0.806. The van der Waals surface area contributed by atoms with Crippen molar-refractivity contribution in [2.75, 3.05) is 0 Å². The second-order valence-corrected chi connectivity index (χ2v) is 4.94. The Kier molecular flexibility index (Phi) is 3.25. The molecule has 0 radical (unpaired) electrons. The molecular formula is C16H16N2O3. The molecular weight excluding hydrogens is 268 g/mol. The van der Waals surface area contributed by atoms with Crippen molar-refractivity contribution >= 4 is 17.0 Å². The van der Waals surface area contributed by atoms with Gasteiger partial charge < -0.3 is 14.1 Å². The van der Waals surface area contributed by atoms with E-state index >= 15 is 0 Å². The Morgan fingerprint density at radius 3 is 2.81 bits per heavy atom. The van der Waals surface area contributed by atoms with Crippen molar-refractivity contribution in [2.45, 2.75) is 26.8 Å². The third kappa shape index (κ3) is 2.31. The Labute approximate surface area is 121 Å². The molecule has 0 fully saturated rings. The van der Waals surface area contributed by atoms with E-state index in [4.69, 9.17) is 9.52 Å². The lowest BCUT2D eigenvalue weighted by Crippen LogP contribution is -2.03. The summed E-state index contributed by atoms with van der Waals surface area (Å²) in [4.78, 5) is 15.7. The van der Waals surface area contributed by atoms with Crippen LogP contribution in [0.1, 0.15) is 34.6 Å². The van der Waals surface area contributed by atoms with E-state index in [9.17, 15) is 4.79 Å². The zero-order chi connectivity index (χ0) is 15.0. The topological polar surface area (TPSA) is 68.3 Å². The number of fused-ring (bicyclic) bond motifs is 1. The summed E-state index contributed by atoms with van der Waals surface area (Å²) < 4.78 is 7.64. The number of carboxylic acid groups (broad SMARTS) is 1. The quantitative estimate of drug-likeness (QED) is 0.798. The zero-order valence-electron chi connectivity index (χ0n) is 12.0. The van der Waals surface area contributed by atoms with Gasteiger partial charge in [0, 0.05) is 6.42 Å². The summed E-state index contributed by atoms with van der Waals surface area (Å²) in [5, 5.41) is 9.10. The molecule has 0 spiro atoms. The number of hydrogen-bond acceptors (Lipinski definition) is 3. The maximum Gasteiger partial charge on any atom is 0.339 e. The van der Waals surface area contributed by atoms with Crippen LogP contribution in [-0.2, 0) is 13.0 Å².